The Balaban J connectivity index is 1.20. The van der Waals surface area contributed by atoms with Crippen LogP contribution in [0.2, 0.25) is 0 Å². The van der Waals surface area contributed by atoms with E-state index in [0.29, 0.717) is 23.3 Å². The van der Waals surface area contributed by atoms with Gasteiger partial charge in [-0.2, -0.15) is 10.1 Å². The number of nitrogens with zero attached hydrogens (tertiary/aromatic N) is 5. The Bertz CT molecular complexity index is 1020. The molecule has 3 aromatic rings. The molecule has 8 heteroatoms. The van der Waals surface area contributed by atoms with Gasteiger partial charge in [-0.15, -0.1) is 0 Å². The van der Waals surface area contributed by atoms with E-state index in [1.807, 2.05) is 35.2 Å². The SMILES string of the molecule is Cc1ccc(-c2noc(CCCN3CCN(C(=O)c4cc(CC(C)C)[nH]n4)CC3)n2)cc1. The lowest BCUT2D eigenvalue weighted by Gasteiger charge is -2.34. The summed E-state index contributed by atoms with van der Waals surface area (Å²) in [5.74, 6) is 1.86. The van der Waals surface area contributed by atoms with Crippen molar-refractivity contribution in [3.05, 3.63) is 53.2 Å². The summed E-state index contributed by atoms with van der Waals surface area (Å²) in [6, 6.07) is 10.0. The molecule has 1 aliphatic heterocycles. The van der Waals surface area contributed by atoms with Crippen LogP contribution in [0.25, 0.3) is 11.4 Å². The Morgan fingerprint density at radius 3 is 2.62 bits per heavy atom. The zero-order valence-corrected chi connectivity index (χ0v) is 19.2. The van der Waals surface area contributed by atoms with Gasteiger partial charge in [-0.05, 0) is 38.3 Å². The third-order valence-corrected chi connectivity index (χ3v) is 5.78. The Morgan fingerprint density at radius 1 is 1.16 bits per heavy atom. The fourth-order valence-electron chi connectivity index (χ4n) is 3.98. The van der Waals surface area contributed by atoms with Crippen molar-refractivity contribution in [3.8, 4) is 11.4 Å². The van der Waals surface area contributed by atoms with Crippen LogP contribution in [0, 0.1) is 12.8 Å². The van der Waals surface area contributed by atoms with Crippen molar-refractivity contribution in [1.82, 2.24) is 30.1 Å². The van der Waals surface area contributed by atoms with Crippen molar-refractivity contribution in [2.45, 2.75) is 40.0 Å². The van der Waals surface area contributed by atoms with Crippen LogP contribution in [0.5, 0.6) is 0 Å². The van der Waals surface area contributed by atoms with Crippen molar-refractivity contribution >= 4 is 5.91 Å². The number of carbonyl (C=O) groups excluding carboxylic acids is 1. The molecule has 170 valence electrons. The molecule has 0 radical (unpaired) electrons. The van der Waals surface area contributed by atoms with Crippen LogP contribution in [0.3, 0.4) is 0 Å². The van der Waals surface area contributed by atoms with Crippen molar-refractivity contribution in [3.63, 3.8) is 0 Å². The minimum atomic E-state index is 0.0189. The molecule has 0 spiro atoms. The Labute approximate surface area is 189 Å². The van der Waals surface area contributed by atoms with Crippen LogP contribution >= 0.6 is 0 Å². The first-order valence-corrected chi connectivity index (χ1v) is 11.4. The maximum absolute atomic E-state index is 12.7. The molecule has 8 nitrogen and oxygen atoms in total. The minimum Gasteiger partial charge on any atom is -0.339 e. The van der Waals surface area contributed by atoms with Gasteiger partial charge >= 0.3 is 0 Å². The quantitative estimate of drug-likeness (QED) is 0.582. The molecule has 4 rings (SSSR count). The highest BCUT2D eigenvalue weighted by Gasteiger charge is 2.24. The molecule has 1 fully saturated rings. The molecule has 1 aliphatic rings. The van der Waals surface area contributed by atoms with Crippen molar-refractivity contribution < 1.29 is 9.32 Å². The van der Waals surface area contributed by atoms with Gasteiger partial charge < -0.3 is 9.42 Å². The lowest BCUT2D eigenvalue weighted by molar-refractivity contribution is 0.0629. The molecule has 1 saturated heterocycles. The van der Waals surface area contributed by atoms with E-state index in [-0.39, 0.29) is 5.91 Å². The second-order valence-electron chi connectivity index (χ2n) is 8.99. The fourth-order valence-corrected chi connectivity index (χ4v) is 3.98. The van der Waals surface area contributed by atoms with E-state index in [2.05, 4.69) is 46.0 Å². The number of nitrogens with one attached hydrogen (secondary N) is 1. The van der Waals surface area contributed by atoms with Gasteiger partial charge in [0.05, 0.1) is 0 Å². The molecule has 0 unspecified atom stereocenters. The Hall–Kier alpha value is -3.00. The van der Waals surface area contributed by atoms with Crippen LogP contribution in [0.15, 0.2) is 34.9 Å². The topological polar surface area (TPSA) is 91.2 Å². The standard InChI is InChI=1S/C24H32N6O2/c1-17(2)15-20-16-21(27-26-20)24(31)30-13-11-29(12-14-30)10-4-5-22-25-23(28-32-22)19-8-6-18(3)7-9-19/h6-9,16-17H,4-5,10-15H2,1-3H3,(H,26,27). The number of aryl methyl sites for hydroxylation is 2. The molecule has 0 aliphatic carbocycles. The molecule has 1 amide bonds. The zero-order valence-electron chi connectivity index (χ0n) is 19.2. The summed E-state index contributed by atoms with van der Waals surface area (Å²) in [6.45, 7) is 10.5. The zero-order chi connectivity index (χ0) is 22.5. The average molecular weight is 437 g/mol. The number of aromatic amines is 1. The van der Waals surface area contributed by atoms with E-state index in [4.69, 9.17) is 4.52 Å². The number of carbonyl (C=O) groups is 1. The molecule has 1 N–H and O–H groups in total. The fraction of sp³-hybridized carbons (Fsp3) is 0.500. The van der Waals surface area contributed by atoms with Crippen LogP contribution < -0.4 is 0 Å². The van der Waals surface area contributed by atoms with Crippen LogP contribution in [0.1, 0.15) is 47.9 Å². The molecule has 2 aromatic heterocycles. The van der Waals surface area contributed by atoms with Gasteiger partial charge in [0.2, 0.25) is 11.7 Å². The number of piperazine rings is 1. The maximum Gasteiger partial charge on any atom is 0.274 e. The number of aromatic nitrogens is 4. The van der Waals surface area contributed by atoms with E-state index < -0.39 is 0 Å². The largest absolute Gasteiger partial charge is 0.339 e. The van der Waals surface area contributed by atoms with Gasteiger partial charge in [0.15, 0.2) is 0 Å². The monoisotopic (exact) mass is 436 g/mol. The first-order valence-electron chi connectivity index (χ1n) is 11.4. The van der Waals surface area contributed by atoms with Crippen LogP contribution in [0.4, 0.5) is 0 Å². The van der Waals surface area contributed by atoms with E-state index in [1.54, 1.807) is 0 Å². The Morgan fingerprint density at radius 2 is 1.91 bits per heavy atom. The van der Waals surface area contributed by atoms with E-state index in [0.717, 1.165) is 63.2 Å². The first-order chi connectivity index (χ1) is 15.5. The summed E-state index contributed by atoms with van der Waals surface area (Å²) in [5, 5.41) is 11.3. The van der Waals surface area contributed by atoms with Gasteiger partial charge in [-0.3, -0.25) is 14.8 Å². The Kier molecular flexibility index (Phi) is 6.99. The predicted octanol–water partition coefficient (Wildman–Crippen LogP) is 3.36. The molecule has 0 atom stereocenters. The molecular formula is C24H32N6O2. The lowest BCUT2D eigenvalue weighted by atomic mass is 10.1. The molecule has 3 heterocycles. The second kappa shape index (κ2) is 10.1. The van der Waals surface area contributed by atoms with Gasteiger partial charge in [0, 0.05) is 43.9 Å². The van der Waals surface area contributed by atoms with Crippen LogP contribution in [-0.2, 0) is 12.8 Å². The summed E-state index contributed by atoms with van der Waals surface area (Å²) >= 11 is 0. The molecule has 0 saturated carbocycles. The van der Waals surface area contributed by atoms with E-state index in [1.165, 1.54) is 5.56 Å². The first kappa shape index (κ1) is 22.2. The number of rotatable bonds is 8. The minimum absolute atomic E-state index is 0.0189. The second-order valence-corrected chi connectivity index (χ2v) is 8.99. The highest BCUT2D eigenvalue weighted by molar-refractivity contribution is 5.92. The normalized spacial score (nSPS) is 14.9. The number of amides is 1. The van der Waals surface area contributed by atoms with Gasteiger partial charge in [0.1, 0.15) is 5.69 Å². The van der Waals surface area contributed by atoms with E-state index in [9.17, 15) is 4.79 Å². The number of hydrogen-bond donors (Lipinski definition) is 1. The van der Waals surface area contributed by atoms with E-state index >= 15 is 0 Å². The number of hydrogen-bond acceptors (Lipinski definition) is 6. The lowest BCUT2D eigenvalue weighted by Crippen LogP contribution is -2.49. The molecule has 1 aromatic carbocycles. The predicted molar refractivity (Wildman–Crippen MR) is 122 cm³/mol. The van der Waals surface area contributed by atoms with Crippen molar-refractivity contribution in [2.24, 2.45) is 5.92 Å². The number of benzene rings is 1. The maximum atomic E-state index is 12.7. The van der Waals surface area contributed by atoms with Gasteiger partial charge in [-0.1, -0.05) is 48.8 Å². The summed E-state index contributed by atoms with van der Waals surface area (Å²) in [5.41, 5.74) is 3.72. The van der Waals surface area contributed by atoms with Crippen molar-refractivity contribution in [1.29, 1.82) is 0 Å². The highest BCUT2D eigenvalue weighted by atomic mass is 16.5. The van der Waals surface area contributed by atoms with Gasteiger partial charge in [-0.25, -0.2) is 0 Å². The van der Waals surface area contributed by atoms with Crippen LogP contribution in [-0.4, -0.2) is 68.8 Å². The average Bonchev–Trinajstić information content (AvgIpc) is 3.44. The third-order valence-electron chi connectivity index (χ3n) is 5.78. The third kappa shape index (κ3) is 5.62. The molecular weight excluding hydrogens is 404 g/mol. The van der Waals surface area contributed by atoms with Crippen molar-refractivity contribution in [2.75, 3.05) is 32.7 Å². The summed E-state index contributed by atoms with van der Waals surface area (Å²) in [7, 11) is 0. The molecule has 32 heavy (non-hydrogen) atoms. The van der Waals surface area contributed by atoms with Gasteiger partial charge in [0.25, 0.3) is 5.91 Å². The summed E-state index contributed by atoms with van der Waals surface area (Å²) in [4.78, 5) is 21.5. The summed E-state index contributed by atoms with van der Waals surface area (Å²) < 4.78 is 5.42. The molecule has 0 bridgehead atoms. The highest BCUT2D eigenvalue weighted by Crippen LogP contribution is 2.17. The smallest absolute Gasteiger partial charge is 0.274 e. The number of H-pyrrole nitrogens is 1. The summed E-state index contributed by atoms with van der Waals surface area (Å²) in [6.07, 6.45) is 2.60.